The van der Waals surface area contributed by atoms with E-state index in [0.717, 1.165) is 0 Å². The van der Waals surface area contributed by atoms with E-state index >= 15 is 0 Å². The maximum absolute atomic E-state index is 12.2. The van der Waals surface area contributed by atoms with Gasteiger partial charge >= 0.3 is 12.0 Å². The summed E-state index contributed by atoms with van der Waals surface area (Å²) < 4.78 is 5.12. The molecule has 0 radical (unpaired) electrons. The molecule has 1 fully saturated rings. The van der Waals surface area contributed by atoms with E-state index in [1.807, 2.05) is 6.92 Å². The van der Waals surface area contributed by atoms with Crippen LogP contribution in [0.1, 0.15) is 20.3 Å². The smallest absolute Gasteiger partial charge is 0.326 e. The highest BCUT2D eigenvalue weighted by Crippen LogP contribution is 2.20. The molecule has 1 heterocycles. The van der Waals surface area contributed by atoms with E-state index in [0.29, 0.717) is 6.54 Å². The molecule has 3 amide bonds. The molecule has 3 unspecified atom stereocenters. The summed E-state index contributed by atoms with van der Waals surface area (Å²) in [5.74, 6) is -1.30. The highest BCUT2D eigenvalue weighted by molar-refractivity contribution is 5.88. The number of carboxylic acids is 1. The highest BCUT2D eigenvalue weighted by Gasteiger charge is 2.40. The van der Waals surface area contributed by atoms with Crippen molar-refractivity contribution in [3.05, 3.63) is 0 Å². The number of hydrogen-bond donors (Lipinski definition) is 2. The zero-order valence-corrected chi connectivity index (χ0v) is 12.8. The second-order valence-electron chi connectivity index (χ2n) is 5.12. The topological polar surface area (TPSA) is 99.2 Å². The fourth-order valence-electron chi connectivity index (χ4n) is 2.24. The van der Waals surface area contributed by atoms with Crippen molar-refractivity contribution >= 4 is 17.9 Å². The summed E-state index contributed by atoms with van der Waals surface area (Å²) in [4.78, 5) is 38.0. The van der Waals surface area contributed by atoms with Crippen LogP contribution in [-0.4, -0.2) is 78.2 Å². The van der Waals surface area contributed by atoms with Crippen LogP contribution in [0.4, 0.5) is 4.79 Å². The van der Waals surface area contributed by atoms with Crippen LogP contribution in [-0.2, 0) is 14.3 Å². The Morgan fingerprint density at radius 3 is 2.57 bits per heavy atom. The third-order valence-electron chi connectivity index (χ3n) is 3.70. The fourth-order valence-corrected chi connectivity index (χ4v) is 2.24. The van der Waals surface area contributed by atoms with Gasteiger partial charge in [-0.2, -0.15) is 0 Å². The molecule has 3 atom stereocenters. The van der Waals surface area contributed by atoms with Gasteiger partial charge in [-0.25, -0.2) is 9.59 Å². The van der Waals surface area contributed by atoms with Crippen molar-refractivity contribution in [1.29, 1.82) is 0 Å². The van der Waals surface area contributed by atoms with Crippen LogP contribution in [0.2, 0.25) is 0 Å². The first-order valence-electron chi connectivity index (χ1n) is 6.89. The van der Waals surface area contributed by atoms with E-state index in [1.54, 1.807) is 14.0 Å². The number of ether oxygens (including phenoxy) is 1. The Balaban J connectivity index is 2.69. The number of aliphatic carboxylic acids is 1. The van der Waals surface area contributed by atoms with Crippen molar-refractivity contribution in [2.45, 2.75) is 38.5 Å². The van der Waals surface area contributed by atoms with Crippen LogP contribution >= 0.6 is 0 Å². The van der Waals surface area contributed by atoms with Gasteiger partial charge in [0.2, 0.25) is 5.91 Å². The van der Waals surface area contributed by atoms with Gasteiger partial charge in [0, 0.05) is 33.7 Å². The molecule has 0 bridgehead atoms. The number of nitrogens with one attached hydrogen (secondary N) is 1. The molecule has 8 heteroatoms. The van der Waals surface area contributed by atoms with Gasteiger partial charge in [-0.3, -0.25) is 4.79 Å². The molecular weight excluding hydrogens is 278 g/mol. The molecule has 21 heavy (non-hydrogen) atoms. The predicted molar refractivity (Wildman–Crippen MR) is 74.8 cm³/mol. The monoisotopic (exact) mass is 301 g/mol. The van der Waals surface area contributed by atoms with E-state index in [2.05, 4.69) is 5.32 Å². The molecular formula is C13H23N3O5. The van der Waals surface area contributed by atoms with Gasteiger partial charge < -0.3 is 25.0 Å². The van der Waals surface area contributed by atoms with Gasteiger partial charge in [-0.15, -0.1) is 0 Å². The van der Waals surface area contributed by atoms with Gasteiger partial charge in [-0.1, -0.05) is 0 Å². The van der Waals surface area contributed by atoms with Crippen molar-refractivity contribution in [2.75, 3.05) is 27.2 Å². The SMILES string of the molecule is CCN(C)C(=O)C(C)NC(=O)N1CC(OC)CC1C(=O)O. The number of carbonyl (C=O) groups excluding carboxylic acids is 2. The van der Waals surface area contributed by atoms with Crippen LogP contribution < -0.4 is 5.32 Å². The van der Waals surface area contributed by atoms with E-state index < -0.39 is 24.1 Å². The summed E-state index contributed by atoms with van der Waals surface area (Å²) in [5.41, 5.74) is 0. The van der Waals surface area contributed by atoms with E-state index in [1.165, 1.54) is 16.9 Å². The number of nitrogens with zero attached hydrogens (tertiary/aromatic N) is 2. The maximum Gasteiger partial charge on any atom is 0.326 e. The average Bonchev–Trinajstić information content (AvgIpc) is 2.90. The number of carboxylic acid groups (broad SMARTS) is 1. The van der Waals surface area contributed by atoms with Crippen LogP contribution in [0.3, 0.4) is 0 Å². The summed E-state index contributed by atoms with van der Waals surface area (Å²) in [6, 6.07) is -2.20. The van der Waals surface area contributed by atoms with E-state index in [9.17, 15) is 14.4 Å². The van der Waals surface area contributed by atoms with Gasteiger partial charge in [0.05, 0.1) is 6.10 Å². The largest absolute Gasteiger partial charge is 0.480 e. The van der Waals surface area contributed by atoms with Crippen molar-refractivity contribution in [2.24, 2.45) is 0 Å². The molecule has 1 saturated heterocycles. The summed E-state index contributed by atoms with van der Waals surface area (Å²) >= 11 is 0. The second-order valence-corrected chi connectivity index (χ2v) is 5.12. The molecule has 0 saturated carbocycles. The Hall–Kier alpha value is -1.83. The molecule has 0 aliphatic carbocycles. The van der Waals surface area contributed by atoms with Crippen LogP contribution in [0.5, 0.6) is 0 Å². The number of rotatable bonds is 5. The van der Waals surface area contributed by atoms with Gasteiger partial charge in [0.25, 0.3) is 0 Å². The van der Waals surface area contributed by atoms with Crippen molar-refractivity contribution in [1.82, 2.24) is 15.1 Å². The van der Waals surface area contributed by atoms with Crippen LogP contribution in [0.25, 0.3) is 0 Å². The molecule has 1 rings (SSSR count). The zero-order chi connectivity index (χ0) is 16.2. The van der Waals surface area contributed by atoms with Crippen LogP contribution in [0.15, 0.2) is 0 Å². The molecule has 8 nitrogen and oxygen atoms in total. The molecule has 0 aromatic carbocycles. The molecule has 1 aliphatic heterocycles. The lowest BCUT2D eigenvalue weighted by atomic mass is 10.2. The quantitative estimate of drug-likeness (QED) is 0.728. The fraction of sp³-hybridized carbons (Fsp3) is 0.769. The van der Waals surface area contributed by atoms with Crippen LogP contribution in [0, 0.1) is 0 Å². The lowest BCUT2D eigenvalue weighted by molar-refractivity contribution is -0.141. The lowest BCUT2D eigenvalue weighted by Crippen LogP contribution is -2.52. The summed E-state index contributed by atoms with van der Waals surface area (Å²) in [6.07, 6.45) is -0.0580. The summed E-state index contributed by atoms with van der Waals surface area (Å²) in [6.45, 7) is 4.14. The number of carbonyl (C=O) groups is 3. The molecule has 0 aromatic rings. The highest BCUT2D eigenvalue weighted by atomic mass is 16.5. The molecule has 120 valence electrons. The first-order chi connectivity index (χ1) is 9.81. The van der Waals surface area contributed by atoms with Gasteiger partial charge in [0.15, 0.2) is 0 Å². The zero-order valence-electron chi connectivity index (χ0n) is 12.8. The molecule has 2 N–H and O–H groups in total. The number of methoxy groups -OCH3 is 1. The van der Waals surface area contributed by atoms with Crippen molar-refractivity contribution < 1.29 is 24.2 Å². The molecule has 1 aliphatic rings. The first-order valence-corrected chi connectivity index (χ1v) is 6.89. The Kier molecular flexibility index (Phi) is 5.95. The standard InChI is InChI=1S/C13H23N3O5/c1-5-15(3)11(17)8(2)14-13(20)16-7-9(21-4)6-10(16)12(18)19/h8-10H,5-7H2,1-4H3,(H,14,20)(H,18,19). The Morgan fingerprint density at radius 1 is 1.48 bits per heavy atom. The Labute approximate surface area is 124 Å². The van der Waals surface area contributed by atoms with Crippen molar-refractivity contribution in [3.63, 3.8) is 0 Å². The van der Waals surface area contributed by atoms with Gasteiger partial charge in [-0.05, 0) is 13.8 Å². The van der Waals surface area contributed by atoms with Crippen molar-refractivity contribution in [3.8, 4) is 0 Å². The first kappa shape index (κ1) is 17.2. The minimum absolute atomic E-state index is 0.198. The number of likely N-dealkylation sites (tertiary alicyclic amines) is 1. The second kappa shape index (κ2) is 7.26. The minimum Gasteiger partial charge on any atom is -0.480 e. The minimum atomic E-state index is -1.07. The third-order valence-corrected chi connectivity index (χ3v) is 3.70. The Bertz CT molecular complexity index is 415. The summed E-state index contributed by atoms with van der Waals surface area (Å²) in [5, 5.41) is 11.7. The van der Waals surface area contributed by atoms with E-state index in [4.69, 9.17) is 9.84 Å². The van der Waals surface area contributed by atoms with Gasteiger partial charge in [0.1, 0.15) is 12.1 Å². The average molecular weight is 301 g/mol. The third kappa shape index (κ3) is 4.07. The number of hydrogen-bond acceptors (Lipinski definition) is 4. The molecule has 0 aromatic heterocycles. The predicted octanol–water partition coefficient (Wildman–Crippen LogP) is -0.263. The lowest BCUT2D eigenvalue weighted by Gasteiger charge is -2.25. The van der Waals surface area contributed by atoms with E-state index in [-0.39, 0.29) is 25.0 Å². The Morgan fingerprint density at radius 2 is 2.10 bits per heavy atom. The normalized spacial score (nSPS) is 22.8. The number of likely N-dealkylation sites (N-methyl/N-ethyl adjacent to an activating group) is 1. The number of urea groups is 1. The summed E-state index contributed by atoms with van der Waals surface area (Å²) in [7, 11) is 3.12. The maximum atomic E-state index is 12.2. The number of amides is 3. The molecule has 0 spiro atoms.